The van der Waals surface area contributed by atoms with Gasteiger partial charge in [-0.05, 0) is 12.1 Å². The normalized spacial score (nSPS) is 10.5. The molecule has 0 amide bonds. The van der Waals surface area contributed by atoms with Crippen molar-refractivity contribution in [3.05, 3.63) is 41.4 Å². The molecule has 2 aromatic rings. The summed E-state index contributed by atoms with van der Waals surface area (Å²) in [6.45, 7) is -0.292. The van der Waals surface area contributed by atoms with E-state index in [2.05, 4.69) is 4.98 Å². The van der Waals surface area contributed by atoms with E-state index >= 15 is 0 Å². The highest BCUT2D eigenvalue weighted by atomic mass is 35.5. The molecule has 4 nitrogen and oxygen atoms in total. The first-order valence-corrected chi connectivity index (χ1v) is 5.14. The van der Waals surface area contributed by atoms with Gasteiger partial charge in [0.1, 0.15) is 18.2 Å². The zero-order valence-corrected chi connectivity index (χ0v) is 9.36. The number of carbonyl (C=O) groups is 1. The van der Waals surface area contributed by atoms with E-state index in [1.807, 2.05) is 0 Å². The summed E-state index contributed by atoms with van der Waals surface area (Å²) in [6.07, 6.45) is 2.87. The van der Waals surface area contributed by atoms with Crippen molar-refractivity contribution in [1.82, 2.24) is 9.55 Å². The van der Waals surface area contributed by atoms with Crippen molar-refractivity contribution in [3.63, 3.8) is 0 Å². The molecule has 6 heteroatoms. The van der Waals surface area contributed by atoms with E-state index in [0.29, 0.717) is 0 Å². The first kappa shape index (κ1) is 11.6. The highest BCUT2D eigenvalue weighted by Crippen LogP contribution is 2.29. The summed E-state index contributed by atoms with van der Waals surface area (Å²) in [5, 5.41) is 8.92. The van der Waals surface area contributed by atoms with Gasteiger partial charge in [0.05, 0.1) is 10.6 Å². The molecule has 0 aliphatic rings. The van der Waals surface area contributed by atoms with Gasteiger partial charge in [0.15, 0.2) is 0 Å². The second kappa shape index (κ2) is 4.55. The summed E-state index contributed by atoms with van der Waals surface area (Å²) in [6, 6.07) is 4.26. The molecule has 0 spiro atoms. The predicted molar refractivity (Wildman–Crippen MR) is 60.3 cm³/mol. The SMILES string of the molecule is O=C(O)Cn1ccnc1-c1c(F)cccc1Cl. The second-order valence-electron chi connectivity index (χ2n) is 3.37. The number of aromatic nitrogens is 2. The van der Waals surface area contributed by atoms with Crippen molar-refractivity contribution < 1.29 is 14.3 Å². The van der Waals surface area contributed by atoms with Crippen LogP contribution in [-0.4, -0.2) is 20.6 Å². The maximum atomic E-state index is 13.6. The Morgan fingerprint density at radius 3 is 2.94 bits per heavy atom. The largest absolute Gasteiger partial charge is 0.480 e. The van der Waals surface area contributed by atoms with Crippen LogP contribution in [0.15, 0.2) is 30.6 Å². The highest BCUT2D eigenvalue weighted by molar-refractivity contribution is 6.33. The zero-order chi connectivity index (χ0) is 12.4. The van der Waals surface area contributed by atoms with Crippen LogP contribution in [0.1, 0.15) is 0 Å². The number of halogens is 2. The highest BCUT2D eigenvalue weighted by Gasteiger charge is 2.15. The molecule has 0 atom stereocenters. The molecule has 0 aliphatic heterocycles. The van der Waals surface area contributed by atoms with Crippen LogP contribution >= 0.6 is 11.6 Å². The molecule has 0 saturated carbocycles. The molecule has 0 saturated heterocycles. The van der Waals surface area contributed by atoms with Crippen molar-refractivity contribution in [1.29, 1.82) is 0 Å². The first-order valence-electron chi connectivity index (χ1n) is 4.77. The summed E-state index contributed by atoms with van der Waals surface area (Å²) >= 11 is 5.89. The molecule has 0 fully saturated rings. The number of rotatable bonds is 3. The van der Waals surface area contributed by atoms with Gasteiger partial charge >= 0.3 is 5.97 Å². The summed E-state index contributed by atoms with van der Waals surface area (Å²) in [7, 11) is 0. The summed E-state index contributed by atoms with van der Waals surface area (Å²) < 4.78 is 15.0. The Bertz CT molecular complexity index is 548. The Hall–Kier alpha value is -1.88. The van der Waals surface area contributed by atoms with Crippen LogP contribution in [0.4, 0.5) is 4.39 Å². The summed E-state index contributed by atoms with van der Waals surface area (Å²) in [5.41, 5.74) is 0.111. The smallest absolute Gasteiger partial charge is 0.323 e. The maximum Gasteiger partial charge on any atom is 0.323 e. The van der Waals surface area contributed by atoms with Crippen molar-refractivity contribution >= 4 is 17.6 Å². The number of carboxylic acids is 1. The third kappa shape index (κ3) is 2.29. The van der Waals surface area contributed by atoms with Crippen molar-refractivity contribution in [3.8, 4) is 11.4 Å². The van der Waals surface area contributed by atoms with Crippen LogP contribution in [0.2, 0.25) is 5.02 Å². The average Bonchev–Trinajstić information content (AvgIpc) is 2.65. The van der Waals surface area contributed by atoms with E-state index in [1.54, 1.807) is 0 Å². The van der Waals surface area contributed by atoms with Gasteiger partial charge in [-0.25, -0.2) is 9.37 Å². The number of imidazole rings is 1. The van der Waals surface area contributed by atoms with Gasteiger partial charge in [0.25, 0.3) is 0 Å². The topological polar surface area (TPSA) is 55.1 Å². The van der Waals surface area contributed by atoms with E-state index in [4.69, 9.17) is 16.7 Å². The summed E-state index contributed by atoms with van der Waals surface area (Å²) in [5.74, 6) is -1.36. The molecule has 0 aliphatic carbocycles. The Morgan fingerprint density at radius 2 is 2.29 bits per heavy atom. The molecule has 1 aromatic heterocycles. The first-order chi connectivity index (χ1) is 8.09. The van der Waals surface area contributed by atoms with E-state index in [-0.39, 0.29) is 23.0 Å². The molecular weight excluding hydrogens is 247 g/mol. The fourth-order valence-corrected chi connectivity index (χ4v) is 1.77. The molecule has 88 valence electrons. The van der Waals surface area contributed by atoms with Crippen molar-refractivity contribution in [2.75, 3.05) is 0 Å². The fraction of sp³-hybridized carbons (Fsp3) is 0.0909. The molecule has 0 bridgehead atoms. The molecule has 1 heterocycles. The van der Waals surface area contributed by atoms with E-state index in [0.717, 1.165) is 0 Å². The van der Waals surface area contributed by atoms with E-state index in [9.17, 15) is 9.18 Å². The minimum Gasteiger partial charge on any atom is -0.480 e. The number of carboxylic acid groups (broad SMARTS) is 1. The average molecular weight is 255 g/mol. The third-order valence-corrected chi connectivity index (χ3v) is 2.52. The van der Waals surface area contributed by atoms with Crippen LogP contribution < -0.4 is 0 Å². The Balaban J connectivity index is 2.53. The third-order valence-electron chi connectivity index (χ3n) is 2.21. The maximum absolute atomic E-state index is 13.6. The lowest BCUT2D eigenvalue weighted by Gasteiger charge is -2.07. The molecule has 2 rings (SSSR count). The molecule has 1 aromatic carbocycles. The van der Waals surface area contributed by atoms with Gasteiger partial charge in [-0.1, -0.05) is 17.7 Å². The number of benzene rings is 1. The Kier molecular flexibility index (Phi) is 3.10. The van der Waals surface area contributed by atoms with Crippen LogP contribution in [0.25, 0.3) is 11.4 Å². The Labute approximate surface area is 101 Å². The second-order valence-corrected chi connectivity index (χ2v) is 3.78. The zero-order valence-electron chi connectivity index (χ0n) is 8.60. The van der Waals surface area contributed by atoms with Crippen molar-refractivity contribution in [2.45, 2.75) is 6.54 Å². The lowest BCUT2D eigenvalue weighted by Crippen LogP contribution is -2.09. The van der Waals surface area contributed by atoms with Gasteiger partial charge < -0.3 is 9.67 Å². The monoisotopic (exact) mass is 254 g/mol. The number of nitrogens with zero attached hydrogens (tertiary/aromatic N) is 2. The number of aliphatic carboxylic acids is 1. The molecule has 17 heavy (non-hydrogen) atoms. The van der Waals surface area contributed by atoms with Gasteiger partial charge in [-0.3, -0.25) is 4.79 Å². The van der Waals surface area contributed by atoms with Crippen LogP contribution in [0.5, 0.6) is 0 Å². The number of hydrogen-bond donors (Lipinski definition) is 1. The van der Waals surface area contributed by atoms with Crippen LogP contribution in [0, 0.1) is 5.82 Å². The molecule has 1 N–H and O–H groups in total. The van der Waals surface area contributed by atoms with Gasteiger partial charge in [0.2, 0.25) is 0 Å². The van der Waals surface area contributed by atoms with Crippen molar-refractivity contribution in [2.24, 2.45) is 0 Å². The standard InChI is InChI=1S/C11H8ClFN2O2/c12-7-2-1-3-8(13)10(7)11-14-4-5-15(11)6-9(16)17/h1-5H,6H2,(H,16,17). The number of hydrogen-bond acceptors (Lipinski definition) is 2. The lowest BCUT2D eigenvalue weighted by atomic mass is 10.2. The predicted octanol–water partition coefficient (Wildman–Crippen LogP) is 2.43. The minimum absolute atomic E-state index is 0.111. The van der Waals surface area contributed by atoms with Crippen LogP contribution in [0.3, 0.4) is 0 Å². The Morgan fingerprint density at radius 1 is 1.53 bits per heavy atom. The molecule has 0 unspecified atom stereocenters. The van der Waals surface area contributed by atoms with Gasteiger partial charge in [-0.15, -0.1) is 0 Å². The van der Waals surface area contributed by atoms with Gasteiger partial charge in [-0.2, -0.15) is 0 Å². The fourth-order valence-electron chi connectivity index (χ4n) is 1.52. The van der Waals surface area contributed by atoms with E-state index < -0.39 is 11.8 Å². The minimum atomic E-state index is -1.03. The summed E-state index contributed by atoms with van der Waals surface area (Å²) in [4.78, 5) is 14.6. The lowest BCUT2D eigenvalue weighted by molar-refractivity contribution is -0.137. The van der Waals surface area contributed by atoms with E-state index in [1.165, 1.54) is 35.2 Å². The van der Waals surface area contributed by atoms with Gasteiger partial charge in [0, 0.05) is 12.4 Å². The molecular formula is C11H8ClFN2O2. The molecule has 0 radical (unpaired) electrons. The quantitative estimate of drug-likeness (QED) is 0.915. The van der Waals surface area contributed by atoms with Crippen LogP contribution in [-0.2, 0) is 11.3 Å².